The molecule has 0 aromatic rings. The van der Waals surface area contributed by atoms with Crippen LogP contribution in [-0.2, 0) is 24.0 Å². The van der Waals surface area contributed by atoms with Crippen LogP contribution >= 0.6 is 0 Å². The molecule has 0 aromatic heterocycles. The van der Waals surface area contributed by atoms with E-state index in [1.807, 2.05) is 0 Å². The standard InChI is InChI=1S/C17H31N5O7/c1-9(14(25)20-10(2)17(28)29)19-16(27)13(8-23)22-15(26)12(21-11(3)24)6-4-5-7-18/h9-10,12-13,23H,4-8,18H2,1-3H3,(H,19,27)(H,20,25)(H,21,24)(H,22,26)(H,28,29)/t9-,10-,12-,13-/m0/s1. The Morgan fingerprint density at radius 3 is 1.86 bits per heavy atom. The van der Waals surface area contributed by atoms with E-state index in [9.17, 15) is 29.1 Å². The average Bonchev–Trinajstić information content (AvgIpc) is 2.64. The van der Waals surface area contributed by atoms with Crippen molar-refractivity contribution >= 4 is 29.6 Å². The molecule has 29 heavy (non-hydrogen) atoms. The van der Waals surface area contributed by atoms with E-state index in [1.54, 1.807) is 0 Å². The fourth-order valence-corrected chi connectivity index (χ4v) is 2.25. The maximum Gasteiger partial charge on any atom is 0.325 e. The molecule has 0 fully saturated rings. The molecule has 0 aliphatic carbocycles. The zero-order chi connectivity index (χ0) is 22.6. The number of hydrogen-bond acceptors (Lipinski definition) is 7. The van der Waals surface area contributed by atoms with Crippen molar-refractivity contribution in [1.29, 1.82) is 0 Å². The molecule has 12 heteroatoms. The first-order valence-corrected chi connectivity index (χ1v) is 9.25. The van der Waals surface area contributed by atoms with Crippen molar-refractivity contribution < 1.29 is 34.2 Å². The first kappa shape index (κ1) is 26.3. The quantitative estimate of drug-likeness (QED) is 0.156. The van der Waals surface area contributed by atoms with Gasteiger partial charge in [0.1, 0.15) is 24.2 Å². The fourth-order valence-electron chi connectivity index (χ4n) is 2.25. The number of aliphatic hydroxyl groups excluding tert-OH is 1. The number of nitrogens with one attached hydrogen (secondary N) is 4. The highest BCUT2D eigenvalue weighted by Crippen LogP contribution is 2.02. The smallest absolute Gasteiger partial charge is 0.325 e. The third-order valence-electron chi connectivity index (χ3n) is 3.94. The van der Waals surface area contributed by atoms with E-state index in [0.29, 0.717) is 25.8 Å². The molecule has 4 amide bonds. The van der Waals surface area contributed by atoms with Crippen molar-refractivity contribution in [3.05, 3.63) is 0 Å². The Morgan fingerprint density at radius 2 is 1.38 bits per heavy atom. The Balaban J connectivity index is 4.89. The molecule has 0 aliphatic rings. The molecule has 0 radical (unpaired) electrons. The molecule has 0 saturated heterocycles. The number of carbonyl (C=O) groups excluding carboxylic acids is 4. The second-order valence-electron chi connectivity index (χ2n) is 6.58. The topological polar surface area (TPSA) is 200 Å². The molecule has 0 rings (SSSR count). The monoisotopic (exact) mass is 417 g/mol. The largest absolute Gasteiger partial charge is 0.480 e. The summed E-state index contributed by atoms with van der Waals surface area (Å²) in [7, 11) is 0. The fraction of sp³-hybridized carbons (Fsp3) is 0.706. The van der Waals surface area contributed by atoms with Crippen LogP contribution in [0, 0.1) is 0 Å². The van der Waals surface area contributed by atoms with Crippen LogP contribution in [0.3, 0.4) is 0 Å². The minimum Gasteiger partial charge on any atom is -0.480 e. The van der Waals surface area contributed by atoms with Gasteiger partial charge in [0, 0.05) is 6.92 Å². The lowest BCUT2D eigenvalue weighted by atomic mass is 10.1. The number of carboxylic acids is 1. The zero-order valence-electron chi connectivity index (χ0n) is 16.9. The lowest BCUT2D eigenvalue weighted by Crippen LogP contribution is -2.57. The Hall–Kier alpha value is -2.73. The Bertz CT molecular complexity index is 599. The first-order valence-electron chi connectivity index (χ1n) is 9.25. The summed E-state index contributed by atoms with van der Waals surface area (Å²) >= 11 is 0. The van der Waals surface area contributed by atoms with Gasteiger partial charge >= 0.3 is 5.97 Å². The number of aliphatic carboxylic acids is 1. The molecule has 0 unspecified atom stereocenters. The molecule has 0 aliphatic heterocycles. The maximum atomic E-state index is 12.4. The van der Waals surface area contributed by atoms with Crippen LogP contribution in [0.5, 0.6) is 0 Å². The van der Waals surface area contributed by atoms with Gasteiger partial charge in [-0.2, -0.15) is 0 Å². The summed E-state index contributed by atoms with van der Waals surface area (Å²) in [5.41, 5.74) is 5.41. The normalized spacial score (nSPS) is 14.7. The number of amides is 4. The highest BCUT2D eigenvalue weighted by atomic mass is 16.4. The van der Waals surface area contributed by atoms with Crippen LogP contribution in [0.15, 0.2) is 0 Å². The van der Waals surface area contributed by atoms with Crippen molar-refractivity contribution in [3.8, 4) is 0 Å². The first-order chi connectivity index (χ1) is 13.5. The number of aliphatic hydroxyl groups is 1. The van der Waals surface area contributed by atoms with Gasteiger partial charge in [0.05, 0.1) is 6.61 Å². The molecule has 166 valence electrons. The van der Waals surface area contributed by atoms with Crippen LogP contribution in [0.25, 0.3) is 0 Å². The second kappa shape index (κ2) is 13.4. The number of rotatable bonds is 13. The van der Waals surface area contributed by atoms with E-state index in [-0.39, 0.29) is 0 Å². The van der Waals surface area contributed by atoms with Gasteiger partial charge in [-0.15, -0.1) is 0 Å². The van der Waals surface area contributed by atoms with E-state index < -0.39 is 60.4 Å². The van der Waals surface area contributed by atoms with Crippen LogP contribution in [0.1, 0.15) is 40.0 Å². The zero-order valence-corrected chi connectivity index (χ0v) is 16.9. The summed E-state index contributed by atoms with van der Waals surface area (Å²) in [6, 6.07) is -4.52. The summed E-state index contributed by atoms with van der Waals surface area (Å²) < 4.78 is 0. The highest BCUT2D eigenvalue weighted by molar-refractivity contribution is 5.94. The molecular formula is C17H31N5O7. The van der Waals surface area contributed by atoms with E-state index in [0.717, 1.165) is 0 Å². The minimum absolute atomic E-state index is 0.300. The molecule has 12 nitrogen and oxygen atoms in total. The van der Waals surface area contributed by atoms with Crippen molar-refractivity contribution in [2.45, 2.75) is 64.2 Å². The van der Waals surface area contributed by atoms with Gasteiger partial charge in [-0.05, 0) is 39.7 Å². The van der Waals surface area contributed by atoms with Gasteiger partial charge in [0.25, 0.3) is 0 Å². The molecule has 0 saturated carbocycles. The van der Waals surface area contributed by atoms with Crippen molar-refractivity contribution in [2.75, 3.05) is 13.2 Å². The van der Waals surface area contributed by atoms with Crippen LogP contribution in [0.2, 0.25) is 0 Å². The number of carbonyl (C=O) groups is 5. The summed E-state index contributed by atoms with van der Waals surface area (Å²) in [6.07, 6.45) is 1.52. The Kier molecular flexibility index (Phi) is 12.2. The SMILES string of the molecule is CC(=O)N[C@@H](CCCCN)C(=O)N[C@@H](CO)C(=O)N[C@@H](C)C(=O)N[C@@H](C)C(=O)O. The van der Waals surface area contributed by atoms with Crippen LogP contribution < -0.4 is 27.0 Å². The predicted molar refractivity (Wildman–Crippen MR) is 102 cm³/mol. The number of carboxylic acid groups (broad SMARTS) is 1. The van der Waals surface area contributed by atoms with Crippen molar-refractivity contribution in [2.24, 2.45) is 5.73 Å². The van der Waals surface area contributed by atoms with E-state index in [2.05, 4.69) is 21.3 Å². The van der Waals surface area contributed by atoms with Crippen molar-refractivity contribution in [1.82, 2.24) is 21.3 Å². The summed E-state index contributed by atoms with van der Waals surface area (Å²) in [5, 5.41) is 27.5. The van der Waals surface area contributed by atoms with Crippen LogP contribution in [0.4, 0.5) is 0 Å². The summed E-state index contributed by atoms with van der Waals surface area (Å²) in [5.74, 6) is -3.91. The van der Waals surface area contributed by atoms with Crippen LogP contribution in [-0.4, -0.2) is 77.1 Å². The third-order valence-corrected chi connectivity index (χ3v) is 3.94. The van der Waals surface area contributed by atoms with E-state index in [1.165, 1.54) is 20.8 Å². The second-order valence-corrected chi connectivity index (χ2v) is 6.58. The van der Waals surface area contributed by atoms with Gasteiger partial charge in [0.2, 0.25) is 23.6 Å². The summed E-state index contributed by atoms with van der Waals surface area (Å²) in [6.45, 7) is 3.52. The summed E-state index contributed by atoms with van der Waals surface area (Å²) in [4.78, 5) is 58.6. The average molecular weight is 417 g/mol. The number of unbranched alkanes of at least 4 members (excludes halogenated alkanes) is 1. The molecule has 0 aromatic carbocycles. The molecule has 0 spiro atoms. The molecule has 8 N–H and O–H groups in total. The van der Waals surface area contributed by atoms with Gasteiger partial charge in [-0.3, -0.25) is 24.0 Å². The van der Waals surface area contributed by atoms with Gasteiger partial charge < -0.3 is 37.2 Å². The Labute approximate surface area is 169 Å². The molecule has 4 atom stereocenters. The maximum absolute atomic E-state index is 12.4. The number of nitrogens with two attached hydrogens (primary N) is 1. The molecule has 0 heterocycles. The Morgan fingerprint density at radius 1 is 0.828 bits per heavy atom. The van der Waals surface area contributed by atoms with Crippen molar-refractivity contribution in [3.63, 3.8) is 0 Å². The van der Waals surface area contributed by atoms with Gasteiger partial charge in [-0.1, -0.05) is 0 Å². The van der Waals surface area contributed by atoms with Gasteiger partial charge in [0.15, 0.2) is 0 Å². The van der Waals surface area contributed by atoms with E-state index in [4.69, 9.17) is 10.8 Å². The predicted octanol–water partition coefficient (Wildman–Crippen LogP) is -2.81. The van der Waals surface area contributed by atoms with E-state index >= 15 is 0 Å². The lowest BCUT2D eigenvalue weighted by molar-refractivity contribution is -0.141. The lowest BCUT2D eigenvalue weighted by Gasteiger charge is -2.23. The molecule has 0 bridgehead atoms. The highest BCUT2D eigenvalue weighted by Gasteiger charge is 2.28. The third kappa shape index (κ3) is 10.4. The molecular weight excluding hydrogens is 386 g/mol. The minimum atomic E-state index is -1.36. The number of hydrogen-bond donors (Lipinski definition) is 7. The van der Waals surface area contributed by atoms with Gasteiger partial charge in [-0.25, -0.2) is 0 Å².